The Morgan fingerprint density at radius 2 is 1.79 bits per heavy atom. The maximum atomic E-state index is 12.3. The number of sulfonamides is 1. The lowest BCUT2D eigenvalue weighted by molar-refractivity contribution is 0.445. The van der Waals surface area contributed by atoms with Crippen LogP contribution >= 0.6 is 15.9 Å². The molecule has 1 heterocycles. The molecule has 0 saturated carbocycles. The quantitative estimate of drug-likeness (QED) is 0.821. The second kappa shape index (κ2) is 5.81. The van der Waals surface area contributed by atoms with Crippen LogP contribution in [0.25, 0.3) is 0 Å². The van der Waals surface area contributed by atoms with Gasteiger partial charge in [0, 0.05) is 24.6 Å². The molecule has 0 unspecified atom stereocenters. The van der Waals surface area contributed by atoms with E-state index in [4.69, 9.17) is 0 Å². The molecule has 102 valence electrons. The second-order valence-corrected chi connectivity index (χ2v) is 6.94. The SMILES string of the molecule is CN(CCn1cnnc1)S(=O)(=O)c1ccc(Br)cc1. The third-order valence-corrected chi connectivity index (χ3v) is 5.06. The molecule has 1 aromatic carbocycles. The lowest BCUT2D eigenvalue weighted by Crippen LogP contribution is -2.30. The van der Waals surface area contributed by atoms with Gasteiger partial charge < -0.3 is 4.57 Å². The Kier molecular flexibility index (Phi) is 4.33. The molecule has 0 radical (unpaired) electrons. The fraction of sp³-hybridized carbons (Fsp3) is 0.273. The van der Waals surface area contributed by atoms with E-state index >= 15 is 0 Å². The number of benzene rings is 1. The lowest BCUT2D eigenvalue weighted by atomic mass is 10.4. The molecule has 0 aliphatic rings. The molecule has 0 aliphatic carbocycles. The monoisotopic (exact) mass is 344 g/mol. The van der Waals surface area contributed by atoms with E-state index in [1.54, 1.807) is 48.5 Å². The summed E-state index contributed by atoms with van der Waals surface area (Å²) in [5.41, 5.74) is 0. The molecule has 0 amide bonds. The Balaban J connectivity index is 2.08. The minimum Gasteiger partial charge on any atom is -0.319 e. The van der Waals surface area contributed by atoms with Gasteiger partial charge in [0.25, 0.3) is 0 Å². The summed E-state index contributed by atoms with van der Waals surface area (Å²) in [4.78, 5) is 0.280. The molecule has 6 nitrogen and oxygen atoms in total. The second-order valence-electron chi connectivity index (χ2n) is 3.98. The van der Waals surface area contributed by atoms with E-state index in [9.17, 15) is 8.42 Å². The summed E-state index contributed by atoms with van der Waals surface area (Å²) in [5, 5.41) is 7.34. The highest BCUT2D eigenvalue weighted by atomic mass is 79.9. The van der Waals surface area contributed by atoms with Gasteiger partial charge >= 0.3 is 0 Å². The number of halogens is 1. The first kappa shape index (κ1) is 14.2. The van der Waals surface area contributed by atoms with Crippen LogP contribution in [0.4, 0.5) is 0 Å². The smallest absolute Gasteiger partial charge is 0.242 e. The Labute approximate surface area is 120 Å². The van der Waals surface area contributed by atoms with E-state index in [0.717, 1.165) is 4.47 Å². The van der Waals surface area contributed by atoms with Crippen molar-refractivity contribution in [2.75, 3.05) is 13.6 Å². The molecule has 0 spiro atoms. The van der Waals surface area contributed by atoms with Crippen LogP contribution in [0.2, 0.25) is 0 Å². The van der Waals surface area contributed by atoms with Gasteiger partial charge in [-0.25, -0.2) is 8.42 Å². The fourth-order valence-corrected chi connectivity index (χ4v) is 2.93. The standard InChI is InChI=1S/C11H13BrN4O2S/c1-15(6-7-16-8-13-14-9-16)19(17,18)11-4-2-10(12)3-5-11/h2-5,8-9H,6-7H2,1H3. The van der Waals surface area contributed by atoms with Crippen LogP contribution in [-0.4, -0.2) is 41.1 Å². The van der Waals surface area contributed by atoms with Gasteiger partial charge in [0.1, 0.15) is 12.7 Å². The van der Waals surface area contributed by atoms with Crippen molar-refractivity contribution in [2.45, 2.75) is 11.4 Å². The van der Waals surface area contributed by atoms with Gasteiger partial charge in [-0.1, -0.05) is 15.9 Å². The Morgan fingerprint density at radius 1 is 1.21 bits per heavy atom. The van der Waals surface area contributed by atoms with Crippen LogP contribution in [0.1, 0.15) is 0 Å². The maximum Gasteiger partial charge on any atom is 0.242 e. The van der Waals surface area contributed by atoms with E-state index in [1.165, 1.54) is 4.31 Å². The molecule has 2 aromatic rings. The number of likely N-dealkylation sites (N-methyl/N-ethyl adjacent to an activating group) is 1. The van der Waals surface area contributed by atoms with Gasteiger partial charge in [-0.2, -0.15) is 4.31 Å². The molecule has 0 bridgehead atoms. The van der Waals surface area contributed by atoms with Crippen molar-refractivity contribution >= 4 is 26.0 Å². The van der Waals surface area contributed by atoms with Gasteiger partial charge in [-0.05, 0) is 24.3 Å². The largest absolute Gasteiger partial charge is 0.319 e. The number of hydrogen-bond donors (Lipinski definition) is 0. The Morgan fingerprint density at radius 3 is 2.37 bits per heavy atom. The molecule has 0 aliphatic heterocycles. The average Bonchev–Trinajstić information content (AvgIpc) is 2.89. The van der Waals surface area contributed by atoms with Crippen LogP contribution in [0.3, 0.4) is 0 Å². The molecule has 19 heavy (non-hydrogen) atoms. The van der Waals surface area contributed by atoms with Gasteiger partial charge in [0.05, 0.1) is 4.90 Å². The Bertz CT molecular complexity index is 625. The molecular weight excluding hydrogens is 332 g/mol. The summed E-state index contributed by atoms with van der Waals surface area (Å²) in [6, 6.07) is 6.57. The summed E-state index contributed by atoms with van der Waals surface area (Å²) in [7, 11) is -1.89. The van der Waals surface area contributed by atoms with Crippen LogP contribution in [-0.2, 0) is 16.6 Å². The highest BCUT2D eigenvalue weighted by Gasteiger charge is 2.20. The molecule has 8 heteroatoms. The summed E-state index contributed by atoms with van der Waals surface area (Å²) >= 11 is 3.28. The third-order valence-electron chi connectivity index (χ3n) is 2.66. The minimum atomic E-state index is -3.45. The zero-order chi connectivity index (χ0) is 13.9. The molecule has 1 aromatic heterocycles. The normalized spacial score (nSPS) is 11.9. The van der Waals surface area contributed by atoms with E-state index in [2.05, 4.69) is 26.1 Å². The van der Waals surface area contributed by atoms with Crippen molar-refractivity contribution in [1.29, 1.82) is 0 Å². The Hall–Kier alpha value is -1.25. The van der Waals surface area contributed by atoms with Crippen molar-refractivity contribution in [3.05, 3.63) is 41.4 Å². The molecule has 0 fully saturated rings. The number of nitrogens with zero attached hydrogens (tertiary/aromatic N) is 4. The first-order valence-corrected chi connectivity index (χ1v) is 7.78. The minimum absolute atomic E-state index is 0.280. The van der Waals surface area contributed by atoms with Crippen molar-refractivity contribution in [3.8, 4) is 0 Å². The molecular formula is C11H13BrN4O2S. The van der Waals surface area contributed by atoms with Crippen molar-refractivity contribution in [1.82, 2.24) is 19.1 Å². The molecule has 0 atom stereocenters. The van der Waals surface area contributed by atoms with E-state index in [-0.39, 0.29) is 4.90 Å². The third kappa shape index (κ3) is 3.40. The zero-order valence-corrected chi connectivity index (χ0v) is 12.7. The summed E-state index contributed by atoms with van der Waals surface area (Å²) in [6.07, 6.45) is 3.11. The van der Waals surface area contributed by atoms with Crippen molar-refractivity contribution in [2.24, 2.45) is 0 Å². The van der Waals surface area contributed by atoms with Gasteiger partial charge in [0.2, 0.25) is 10.0 Å². The average molecular weight is 345 g/mol. The topological polar surface area (TPSA) is 68.1 Å². The predicted octanol–water partition coefficient (Wildman–Crippen LogP) is 1.36. The fourth-order valence-electron chi connectivity index (χ4n) is 1.50. The van der Waals surface area contributed by atoms with Crippen LogP contribution in [0, 0.1) is 0 Å². The van der Waals surface area contributed by atoms with E-state index in [1.807, 2.05) is 0 Å². The molecule has 0 saturated heterocycles. The van der Waals surface area contributed by atoms with Crippen molar-refractivity contribution < 1.29 is 8.42 Å². The zero-order valence-electron chi connectivity index (χ0n) is 10.3. The highest BCUT2D eigenvalue weighted by molar-refractivity contribution is 9.10. The van der Waals surface area contributed by atoms with Gasteiger partial charge in [-0.15, -0.1) is 10.2 Å². The van der Waals surface area contributed by atoms with Crippen LogP contribution < -0.4 is 0 Å². The summed E-state index contributed by atoms with van der Waals surface area (Å²) < 4.78 is 28.4. The van der Waals surface area contributed by atoms with Crippen LogP contribution in [0.5, 0.6) is 0 Å². The maximum absolute atomic E-state index is 12.3. The van der Waals surface area contributed by atoms with Gasteiger partial charge in [0.15, 0.2) is 0 Å². The number of rotatable bonds is 5. The number of aromatic nitrogens is 3. The van der Waals surface area contributed by atoms with Crippen LogP contribution in [0.15, 0.2) is 46.3 Å². The highest BCUT2D eigenvalue weighted by Crippen LogP contribution is 2.17. The predicted molar refractivity (Wildman–Crippen MR) is 74.0 cm³/mol. The lowest BCUT2D eigenvalue weighted by Gasteiger charge is -2.17. The van der Waals surface area contributed by atoms with Gasteiger partial charge in [-0.3, -0.25) is 0 Å². The van der Waals surface area contributed by atoms with E-state index in [0.29, 0.717) is 13.1 Å². The first-order chi connectivity index (χ1) is 9.00. The van der Waals surface area contributed by atoms with Crippen molar-refractivity contribution in [3.63, 3.8) is 0 Å². The molecule has 0 N–H and O–H groups in total. The number of hydrogen-bond acceptors (Lipinski definition) is 4. The summed E-state index contributed by atoms with van der Waals surface area (Å²) in [5.74, 6) is 0. The summed E-state index contributed by atoms with van der Waals surface area (Å²) in [6.45, 7) is 0.871. The molecule has 2 rings (SSSR count). The first-order valence-electron chi connectivity index (χ1n) is 5.54. The van der Waals surface area contributed by atoms with E-state index < -0.39 is 10.0 Å².